The molecular weight excluding hydrogens is 254 g/mol. The van der Waals surface area contributed by atoms with Crippen LogP contribution in [0.5, 0.6) is 0 Å². The van der Waals surface area contributed by atoms with Gasteiger partial charge in [-0.25, -0.2) is 4.79 Å². The summed E-state index contributed by atoms with van der Waals surface area (Å²) in [5.74, 6) is -0.00429. The molecule has 1 amide bonds. The van der Waals surface area contributed by atoms with Crippen molar-refractivity contribution in [1.82, 2.24) is 0 Å². The number of methoxy groups -OCH3 is 1. The summed E-state index contributed by atoms with van der Waals surface area (Å²) in [6.45, 7) is 0. The summed E-state index contributed by atoms with van der Waals surface area (Å²) < 4.78 is 4.61. The summed E-state index contributed by atoms with van der Waals surface area (Å²) in [6, 6.07) is 12.9. The van der Waals surface area contributed by atoms with Crippen molar-refractivity contribution in [2.24, 2.45) is 0 Å². The molecule has 4 heteroatoms. The Labute approximate surface area is 116 Å². The molecule has 0 spiro atoms. The number of ketones is 1. The summed E-state index contributed by atoms with van der Waals surface area (Å²) in [4.78, 5) is 23.8. The minimum atomic E-state index is -0.537. The van der Waals surface area contributed by atoms with E-state index in [0.29, 0.717) is 17.7 Å². The number of carbonyl (C=O) groups is 2. The third-order valence-corrected chi connectivity index (χ3v) is 3.47. The van der Waals surface area contributed by atoms with Crippen molar-refractivity contribution in [3.8, 4) is 0 Å². The van der Waals surface area contributed by atoms with E-state index < -0.39 is 6.09 Å². The fraction of sp³-hybridized carbons (Fsp3) is 0.125. The van der Waals surface area contributed by atoms with Crippen molar-refractivity contribution >= 4 is 17.6 Å². The number of benzene rings is 2. The zero-order valence-corrected chi connectivity index (χ0v) is 11.0. The van der Waals surface area contributed by atoms with Crippen LogP contribution in [0, 0.1) is 0 Å². The molecule has 3 rings (SSSR count). The van der Waals surface area contributed by atoms with Crippen LogP contribution in [0.4, 0.5) is 10.5 Å². The summed E-state index contributed by atoms with van der Waals surface area (Å²) in [5.41, 5.74) is 3.80. The topological polar surface area (TPSA) is 55.4 Å². The van der Waals surface area contributed by atoms with Crippen molar-refractivity contribution in [3.05, 3.63) is 64.7 Å². The molecule has 0 heterocycles. The predicted molar refractivity (Wildman–Crippen MR) is 75.2 cm³/mol. The van der Waals surface area contributed by atoms with E-state index in [4.69, 9.17) is 0 Å². The van der Waals surface area contributed by atoms with E-state index in [2.05, 4.69) is 10.1 Å². The van der Waals surface area contributed by atoms with Crippen LogP contribution in [-0.4, -0.2) is 19.0 Å². The molecule has 20 heavy (non-hydrogen) atoms. The van der Waals surface area contributed by atoms with Crippen molar-refractivity contribution < 1.29 is 14.3 Å². The van der Waals surface area contributed by atoms with Gasteiger partial charge in [-0.05, 0) is 17.2 Å². The first-order valence-electron chi connectivity index (χ1n) is 6.30. The van der Waals surface area contributed by atoms with E-state index in [0.717, 1.165) is 16.7 Å². The molecular formula is C16H13NO3. The molecule has 0 saturated carbocycles. The van der Waals surface area contributed by atoms with Crippen LogP contribution in [-0.2, 0) is 11.2 Å². The molecule has 0 aliphatic heterocycles. The molecule has 0 aromatic heterocycles. The van der Waals surface area contributed by atoms with Gasteiger partial charge in [0.25, 0.3) is 0 Å². The lowest BCUT2D eigenvalue weighted by Gasteiger charge is -2.21. The average Bonchev–Trinajstić information content (AvgIpc) is 2.48. The molecule has 0 unspecified atom stereocenters. The molecule has 0 radical (unpaired) electrons. The van der Waals surface area contributed by atoms with Gasteiger partial charge >= 0.3 is 6.09 Å². The molecule has 100 valence electrons. The predicted octanol–water partition coefficient (Wildman–Crippen LogP) is 3.00. The Bertz CT molecular complexity index is 707. The first kappa shape index (κ1) is 12.4. The Hall–Kier alpha value is -2.62. The van der Waals surface area contributed by atoms with Crippen LogP contribution in [0.2, 0.25) is 0 Å². The second-order valence-corrected chi connectivity index (χ2v) is 4.61. The monoisotopic (exact) mass is 267 g/mol. The molecule has 0 fully saturated rings. The summed E-state index contributed by atoms with van der Waals surface area (Å²) in [5, 5.41) is 2.66. The Kier molecular flexibility index (Phi) is 2.99. The van der Waals surface area contributed by atoms with Gasteiger partial charge in [-0.1, -0.05) is 36.4 Å². The number of anilines is 1. The Morgan fingerprint density at radius 1 is 1.10 bits per heavy atom. The Morgan fingerprint density at radius 2 is 1.85 bits per heavy atom. The Morgan fingerprint density at radius 3 is 2.65 bits per heavy atom. The number of hydrogen-bond donors (Lipinski definition) is 1. The van der Waals surface area contributed by atoms with Gasteiger partial charge in [0.15, 0.2) is 5.78 Å². The second kappa shape index (κ2) is 4.81. The van der Waals surface area contributed by atoms with E-state index in [9.17, 15) is 9.59 Å². The number of nitrogens with one attached hydrogen (secondary N) is 1. The number of rotatable bonds is 1. The normalized spacial score (nSPS) is 12.3. The second-order valence-electron chi connectivity index (χ2n) is 4.61. The largest absolute Gasteiger partial charge is 0.453 e. The van der Waals surface area contributed by atoms with E-state index in [1.165, 1.54) is 7.11 Å². The smallest absolute Gasteiger partial charge is 0.411 e. The van der Waals surface area contributed by atoms with E-state index in [-0.39, 0.29) is 5.78 Å². The third kappa shape index (κ3) is 1.95. The van der Waals surface area contributed by atoms with Gasteiger partial charge in [-0.15, -0.1) is 0 Å². The maximum absolute atomic E-state index is 12.5. The fourth-order valence-corrected chi connectivity index (χ4v) is 2.50. The molecule has 1 N–H and O–H groups in total. The van der Waals surface area contributed by atoms with Crippen LogP contribution < -0.4 is 5.32 Å². The van der Waals surface area contributed by atoms with Crippen LogP contribution in [0.1, 0.15) is 27.0 Å². The molecule has 1 aliphatic rings. The highest BCUT2D eigenvalue weighted by atomic mass is 16.5. The highest BCUT2D eigenvalue weighted by Crippen LogP contribution is 2.31. The van der Waals surface area contributed by atoms with Crippen molar-refractivity contribution in [2.45, 2.75) is 6.42 Å². The van der Waals surface area contributed by atoms with Gasteiger partial charge in [0, 0.05) is 23.2 Å². The SMILES string of the molecule is COC(=O)Nc1cccc2c1Cc1ccccc1C2=O. The summed E-state index contributed by atoms with van der Waals surface area (Å²) in [7, 11) is 1.31. The third-order valence-electron chi connectivity index (χ3n) is 3.47. The van der Waals surface area contributed by atoms with Gasteiger partial charge in [0.1, 0.15) is 0 Å². The Balaban J connectivity index is 2.08. The van der Waals surface area contributed by atoms with E-state index in [1.807, 2.05) is 24.3 Å². The first-order valence-corrected chi connectivity index (χ1v) is 6.30. The maximum Gasteiger partial charge on any atom is 0.411 e. The fourth-order valence-electron chi connectivity index (χ4n) is 2.50. The average molecular weight is 267 g/mol. The maximum atomic E-state index is 12.5. The lowest BCUT2D eigenvalue weighted by molar-refractivity contribution is 0.103. The first-order chi connectivity index (χ1) is 9.70. The lowest BCUT2D eigenvalue weighted by Crippen LogP contribution is -2.19. The van der Waals surface area contributed by atoms with E-state index >= 15 is 0 Å². The highest BCUT2D eigenvalue weighted by Gasteiger charge is 2.25. The lowest BCUT2D eigenvalue weighted by atomic mass is 9.84. The molecule has 0 atom stereocenters. The molecule has 1 aliphatic carbocycles. The number of fused-ring (bicyclic) bond motifs is 2. The summed E-state index contributed by atoms with van der Waals surface area (Å²) >= 11 is 0. The summed E-state index contributed by atoms with van der Waals surface area (Å²) in [6.07, 6.45) is 0.0851. The minimum Gasteiger partial charge on any atom is -0.453 e. The zero-order chi connectivity index (χ0) is 14.1. The molecule has 0 bridgehead atoms. The number of ether oxygens (including phenoxy) is 1. The van der Waals surface area contributed by atoms with Crippen molar-refractivity contribution in [2.75, 3.05) is 12.4 Å². The van der Waals surface area contributed by atoms with Crippen LogP contribution in [0.25, 0.3) is 0 Å². The molecule has 0 saturated heterocycles. The van der Waals surface area contributed by atoms with Gasteiger partial charge in [0.05, 0.1) is 7.11 Å². The van der Waals surface area contributed by atoms with Gasteiger partial charge < -0.3 is 4.74 Å². The van der Waals surface area contributed by atoms with Crippen molar-refractivity contribution in [1.29, 1.82) is 0 Å². The van der Waals surface area contributed by atoms with Crippen molar-refractivity contribution in [3.63, 3.8) is 0 Å². The minimum absolute atomic E-state index is 0.00429. The van der Waals surface area contributed by atoms with E-state index in [1.54, 1.807) is 18.2 Å². The van der Waals surface area contributed by atoms with Crippen LogP contribution in [0.15, 0.2) is 42.5 Å². The molecule has 2 aromatic carbocycles. The number of amides is 1. The molecule has 2 aromatic rings. The van der Waals surface area contributed by atoms with Crippen LogP contribution >= 0.6 is 0 Å². The van der Waals surface area contributed by atoms with Gasteiger partial charge in [0.2, 0.25) is 0 Å². The molecule has 4 nitrogen and oxygen atoms in total. The van der Waals surface area contributed by atoms with Gasteiger partial charge in [-0.2, -0.15) is 0 Å². The quantitative estimate of drug-likeness (QED) is 0.737. The standard InChI is InChI=1S/C16H13NO3/c1-20-16(19)17-14-8-4-7-12-13(14)9-10-5-2-3-6-11(10)15(12)18/h2-8H,9H2,1H3,(H,17,19). The van der Waals surface area contributed by atoms with Crippen LogP contribution in [0.3, 0.4) is 0 Å². The zero-order valence-electron chi connectivity index (χ0n) is 11.0. The highest BCUT2D eigenvalue weighted by molar-refractivity contribution is 6.13. The van der Waals surface area contributed by atoms with Gasteiger partial charge in [-0.3, -0.25) is 10.1 Å². The number of carbonyl (C=O) groups excluding carboxylic acids is 2. The number of hydrogen-bond acceptors (Lipinski definition) is 3.